The van der Waals surface area contributed by atoms with Crippen LogP contribution in [-0.4, -0.2) is 18.1 Å². The van der Waals surface area contributed by atoms with Crippen LogP contribution in [0.2, 0.25) is 0 Å². The summed E-state index contributed by atoms with van der Waals surface area (Å²) in [7, 11) is 1.35. The van der Waals surface area contributed by atoms with Crippen molar-refractivity contribution in [1.82, 2.24) is 4.98 Å². The first-order valence-corrected chi connectivity index (χ1v) is 6.44. The number of nitrogens with zero attached hydrogens (tertiary/aromatic N) is 1. The van der Waals surface area contributed by atoms with Crippen LogP contribution in [0.15, 0.2) is 48.5 Å². The number of carbonyl (C=O) groups excluding carboxylic acids is 1. The summed E-state index contributed by atoms with van der Waals surface area (Å²) in [6, 6.07) is 17.0. The minimum Gasteiger partial charge on any atom is -0.465 e. The molecule has 3 aromatic rings. The Morgan fingerprint density at radius 3 is 2.62 bits per heavy atom. The highest BCUT2D eigenvalue weighted by Crippen LogP contribution is 2.32. The van der Waals surface area contributed by atoms with E-state index in [-0.39, 0.29) is 0 Å². The molecule has 4 nitrogen and oxygen atoms in total. The van der Waals surface area contributed by atoms with Crippen LogP contribution in [0.4, 0.5) is 0 Å². The van der Waals surface area contributed by atoms with Gasteiger partial charge in [-0.25, -0.2) is 4.79 Å². The Balaban J connectivity index is 2.31. The molecule has 0 aliphatic heterocycles. The Labute approximate surface area is 121 Å². The number of ether oxygens (including phenoxy) is 1. The van der Waals surface area contributed by atoms with Crippen molar-refractivity contribution in [3.8, 4) is 17.2 Å². The quantitative estimate of drug-likeness (QED) is 0.728. The molecule has 0 unspecified atom stereocenters. The molecule has 2 aromatic carbocycles. The molecule has 0 aliphatic rings. The standard InChI is InChI=1S/C17H12N2O2/c1-21-17(20)12-7-8-14-13(9-12)16(15(10-18)19-14)11-5-3-2-4-6-11/h2-9,19H,1H3. The topological polar surface area (TPSA) is 65.9 Å². The van der Waals surface area contributed by atoms with Crippen LogP contribution >= 0.6 is 0 Å². The first-order chi connectivity index (χ1) is 10.2. The van der Waals surface area contributed by atoms with Crippen molar-refractivity contribution in [2.75, 3.05) is 7.11 Å². The van der Waals surface area contributed by atoms with Gasteiger partial charge in [-0.3, -0.25) is 0 Å². The third-order valence-corrected chi connectivity index (χ3v) is 3.39. The van der Waals surface area contributed by atoms with Crippen molar-refractivity contribution in [3.63, 3.8) is 0 Å². The number of H-pyrrole nitrogens is 1. The molecule has 0 fully saturated rings. The summed E-state index contributed by atoms with van der Waals surface area (Å²) in [5.41, 5.74) is 3.50. The zero-order valence-electron chi connectivity index (χ0n) is 11.4. The normalized spacial score (nSPS) is 10.3. The van der Waals surface area contributed by atoms with E-state index in [2.05, 4.69) is 11.1 Å². The van der Waals surface area contributed by atoms with Gasteiger partial charge in [0.25, 0.3) is 0 Å². The summed E-state index contributed by atoms with van der Waals surface area (Å²) in [4.78, 5) is 14.8. The minimum atomic E-state index is -0.393. The van der Waals surface area contributed by atoms with Gasteiger partial charge in [-0.2, -0.15) is 5.26 Å². The SMILES string of the molecule is COC(=O)c1ccc2[nH]c(C#N)c(-c3ccccc3)c2c1. The number of carbonyl (C=O) groups is 1. The van der Waals surface area contributed by atoms with Crippen LogP contribution in [0.1, 0.15) is 16.1 Å². The summed E-state index contributed by atoms with van der Waals surface area (Å²) in [5, 5.41) is 10.2. The molecule has 0 saturated carbocycles. The molecule has 21 heavy (non-hydrogen) atoms. The molecule has 3 rings (SSSR count). The van der Waals surface area contributed by atoms with Crippen molar-refractivity contribution in [2.24, 2.45) is 0 Å². The third kappa shape index (κ3) is 2.15. The monoisotopic (exact) mass is 276 g/mol. The Kier molecular flexibility index (Phi) is 3.17. The van der Waals surface area contributed by atoms with E-state index in [1.165, 1.54) is 7.11 Å². The molecule has 0 saturated heterocycles. The van der Waals surface area contributed by atoms with Gasteiger partial charge in [0.05, 0.1) is 12.7 Å². The molecular formula is C17H12N2O2. The van der Waals surface area contributed by atoms with E-state index in [1.54, 1.807) is 18.2 Å². The molecule has 0 aliphatic carbocycles. The van der Waals surface area contributed by atoms with Gasteiger partial charge in [-0.05, 0) is 23.8 Å². The van der Waals surface area contributed by atoms with E-state index < -0.39 is 5.97 Å². The van der Waals surface area contributed by atoms with Crippen LogP contribution in [0.25, 0.3) is 22.0 Å². The highest BCUT2D eigenvalue weighted by Gasteiger charge is 2.15. The number of fused-ring (bicyclic) bond motifs is 1. The summed E-state index contributed by atoms with van der Waals surface area (Å²) < 4.78 is 4.75. The van der Waals surface area contributed by atoms with Crippen LogP contribution in [-0.2, 0) is 4.74 Å². The van der Waals surface area contributed by atoms with Gasteiger partial charge in [0.1, 0.15) is 11.8 Å². The molecule has 1 heterocycles. The number of aromatic amines is 1. The van der Waals surface area contributed by atoms with Gasteiger partial charge in [0.15, 0.2) is 0 Å². The maximum atomic E-state index is 11.7. The zero-order valence-corrected chi connectivity index (χ0v) is 11.4. The van der Waals surface area contributed by atoms with Crippen LogP contribution in [0.3, 0.4) is 0 Å². The fourth-order valence-corrected chi connectivity index (χ4v) is 2.43. The zero-order chi connectivity index (χ0) is 14.8. The smallest absolute Gasteiger partial charge is 0.337 e. The lowest BCUT2D eigenvalue weighted by Crippen LogP contribution is -2.00. The van der Waals surface area contributed by atoms with Crippen molar-refractivity contribution in [2.45, 2.75) is 0 Å². The number of esters is 1. The molecule has 1 aromatic heterocycles. The Morgan fingerprint density at radius 1 is 1.19 bits per heavy atom. The van der Waals surface area contributed by atoms with Crippen LogP contribution in [0, 0.1) is 11.3 Å². The maximum absolute atomic E-state index is 11.7. The van der Waals surface area contributed by atoms with Crippen molar-refractivity contribution < 1.29 is 9.53 Å². The largest absolute Gasteiger partial charge is 0.465 e. The number of methoxy groups -OCH3 is 1. The molecule has 102 valence electrons. The molecule has 0 spiro atoms. The van der Waals surface area contributed by atoms with E-state index in [0.29, 0.717) is 11.3 Å². The first kappa shape index (κ1) is 12.9. The molecule has 1 N–H and O–H groups in total. The van der Waals surface area contributed by atoms with Crippen LogP contribution < -0.4 is 0 Å². The van der Waals surface area contributed by atoms with Crippen LogP contribution in [0.5, 0.6) is 0 Å². The second-order valence-corrected chi connectivity index (χ2v) is 4.60. The number of aromatic nitrogens is 1. The Hall–Kier alpha value is -3.06. The van der Waals surface area contributed by atoms with E-state index >= 15 is 0 Å². The van der Waals surface area contributed by atoms with Gasteiger partial charge in [-0.1, -0.05) is 30.3 Å². The average molecular weight is 276 g/mol. The predicted octanol–water partition coefficient (Wildman–Crippen LogP) is 3.49. The fraction of sp³-hybridized carbons (Fsp3) is 0.0588. The number of hydrogen-bond donors (Lipinski definition) is 1. The van der Waals surface area contributed by atoms with Gasteiger partial charge < -0.3 is 9.72 Å². The maximum Gasteiger partial charge on any atom is 0.337 e. The fourth-order valence-electron chi connectivity index (χ4n) is 2.43. The van der Waals surface area contributed by atoms with E-state index in [9.17, 15) is 10.1 Å². The molecule has 0 bridgehead atoms. The summed E-state index contributed by atoms with van der Waals surface area (Å²) >= 11 is 0. The molecular weight excluding hydrogens is 264 g/mol. The number of hydrogen-bond acceptors (Lipinski definition) is 3. The predicted molar refractivity (Wildman–Crippen MR) is 79.8 cm³/mol. The lowest BCUT2D eigenvalue weighted by Gasteiger charge is -2.02. The third-order valence-electron chi connectivity index (χ3n) is 3.39. The first-order valence-electron chi connectivity index (χ1n) is 6.44. The van der Waals surface area contributed by atoms with Gasteiger partial charge in [-0.15, -0.1) is 0 Å². The number of rotatable bonds is 2. The summed E-state index contributed by atoms with van der Waals surface area (Å²) in [5.74, 6) is -0.393. The van der Waals surface area contributed by atoms with E-state index in [0.717, 1.165) is 22.0 Å². The van der Waals surface area contributed by atoms with E-state index in [4.69, 9.17) is 4.74 Å². The number of nitriles is 1. The van der Waals surface area contributed by atoms with Gasteiger partial charge >= 0.3 is 5.97 Å². The van der Waals surface area contributed by atoms with Gasteiger partial charge in [0.2, 0.25) is 0 Å². The second kappa shape index (κ2) is 5.14. The van der Waals surface area contributed by atoms with E-state index in [1.807, 2.05) is 30.3 Å². The molecule has 0 atom stereocenters. The minimum absolute atomic E-state index is 0.393. The average Bonchev–Trinajstić information content (AvgIpc) is 2.92. The number of nitrogens with one attached hydrogen (secondary N) is 1. The Bertz CT molecular complexity index is 858. The molecule has 0 radical (unpaired) electrons. The summed E-state index contributed by atoms with van der Waals surface area (Å²) in [6.45, 7) is 0. The number of benzene rings is 2. The summed E-state index contributed by atoms with van der Waals surface area (Å²) in [6.07, 6.45) is 0. The second-order valence-electron chi connectivity index (χ2n) is 4.60. The molecule has 0 amide bonds. The molecule has 4 heteroatoms. The highest BCUT2D eigenvalue weighted by atomic mass is 16.5. The van der Waals surface area contributed by atoms with Crippen molar-refractivity contribution >= 4 is 16.9 Å². The lowest BCUT2D eigenvalue weighted by atomic mass is 10.0. The Morgan fingerprint density at radius 2 is 1.95 bits per heavy atom. The van der Waals surface area contributed by atoms with Crippen molar-refractivity contribution in [3.05, 3.63) is 59.8 Å². The van der Waals surface area contributed by atoms with Gasteiger partial charge in [0, 0.05) is 16.5 Å². The van der Waals surface area contributed by atoms with Crippen molar-refractivity contribution in [1.29, 1.82) is 5.26 Å². The lowest BCUT2D eigenvalue weighted by molar-refractivity contribution is 0.0601. The highest BCUT2D eigenvalue weighted by molar-refractivity contribution is 6.02.